The van der Waals surface area contributed by atoms with Gasteiger partial charge in [-0.1, -0.05) is 19.1 Å². The monoisotopic (exact) mass is 353 g/mol. The van der Waals surface area contributed by atoms with Gasteiger partial charge in [0.05, 0.1) is 10.7 Å². The maximum absolute atomic E-state index is 12.8. The van der Waals surface area contributed by atoms with Crippen LogP contribution in [0, 0.1) is 5.82 Å². The molecule has 21 heavy (non-hydrogen) atoms. The zero-order valence-electron chi connectivity index (χ0n) is 11.7. The summed E-state index contributed by atoms with van der Waals surface area (Å²) in [6.45, 7) is 3.08. The van der Waals surface area contributed by atoms with Gasteiger partial charge in [-0.05, 0) is 39.5 Å². The van der Waals surface area contributed by atoms with Crippen molar-refractivity contribution in [3.8, 4) is 0 Å². The highest BCUT2D eigenvalue weighted by Gasteiger charge is 2.08. The molecule has 2 aromatic rings. The average Bonchev–Trinajstić information content (AvgIpc) is 2.89. The van der Waals surface area contributed by atoms with E-state index >= 15 is 0 Å². The zero-order valence-corrected chi connectivity index (χ0v) is 13.3. The number of carbonyl (C=O) groups is 1. The minimum absolute atomic E-state index is 0.0180. The van der Waals surface area contributed by atoms with Crippen LogP contribution in [0.5, 0.6) is 0 Å². The van der Waals surface area contributed by atoms with Crippen LogP contribution in [0.2, 0.25) is 0 Å². The van der Waals surface area contributed by atoms with Gasteiger partial charge in [0.25, 0.3) is 0 Å². The van der Waals surface area contributed by atoms with Crippen molar-refractivity contribution >= 4 is 21.8 Å². The predicted molar refractivity (Wildman–Crippen MR) is 82.4 cm³/mol. The van der Waals surface area contributed by atoms with Crippen molar-refractivity contribution in [2.75, 3.05) is 6.54 Å². The molecule has 1 amide bonds. The molecule has 6 heteroatoms. The Bertz CT molecular complexity index is 597. The van der Waals surface area contributed by atoms with E-state index in [2.05, 4.69) is 26.3 Å². The van der Waals surface area contributed by atoms with Crippen molar-refractivity contribution in [2.45, 2.75) is 25.8 Å². The Hall–Kier alpha value is -1.69. The molecule has 0 bridgehead atoms. The van der Waals surface area contributed by atoms with Crippen LogP contribution < -0.4 is 5.32 Å². The molecule has 112 valence electrons. The Labute approximate surface area is 131 Å². The molecule has 1 atom stereocenters. The van der Waals surface area contributed by atoms with E-state index in [1.54, 1.807) is 23.0 Å². The molecule has 0 saturated heterocycles. The van der Waals surface area contributed by atoms with Crippen LogP contribution in [-0.2, 0) is 11.3 Å². The summed E-state index contributed by atoms with van der Waals surface area (Å²) in [5.41, 5.74) is 1.01. The fourth-order valence-corrected chi connectivity index (χ4v) is 2.27. The first-order valence-electron chi connectivity index (χ1n) is 6.74. The topological polar surface area (TPSA) is 46.9 Å². The summed E-state index contributed by atoms with van der Waals surface area (Å²) in [4.78, 5) is 11.8. The van der Waals surface area contributed by atoms with Gasteiger partial charge in [0.2, 0.25) is 5.91 Å². The van der Waals surface area contributed by atoms with Crippen LogP contribution >= 0.6 is 15.9 Å². The molecular formula is C15H17BrFN3O. The van der Waals surface area contributed by atoms with E-state index < -0.39 is 0 Å². The SMILES string of the molecule is CC(CNC(=O)CCn1cc(Br)cn1)c1ccc(F)cc1. The molecule has 0 spiro atoms. The molecule has 1 unspecified atom stereocenters. The molecule has 0 aliphatic carbocycles. The molecule has 0 aliphatic heterocycles. The second-order valence-electron chi connectivity index (χ2n) is 4.93. The minimum atomic E-state index is -0.250. The zero-order chi connectivity index (χ0) is 15.2. The van der Waals surface area contributed by atoms with Crippen molar-refractivity contribution in [1.82, 2.24) is 15.1 Å². The van der Waals surface area contributed by atoms with E-state index in [0.29, 0.717) is 19.5 Å². The molecule has 0 aliphatic rings. The van der Waals surface area contributed by atoms with Gasteiger partial charge in [0.1, 0.15) is 5.82 Å². The lowest BCUT2D eigenvalue weighted by Gasteiger charge is -2.13. The Balaban J connectivity index is 1.74. The number of halogens is 2. The molecule has 1 aromatic heterocycles. The molecule has 1 aromatic carbocycles. The summed E-state index contributed by atoms with van der Waals surface area (Å²) in [5.74, 6) is -0.121. The summed E-state index contributed by atoms with van der Waals surface area (Å²) in [5, 5.41) is 6.98. The number of carbonyl (C=O) groups excluding carboxylic acids is 1. The lowest BCUT2D eigenvalue weighted by Crippen LogP contribution is -2.28. The van der Waals surface area contributed by atoms with Crippen molar-refractivity contribution in [2.24, 2.45) is 0 Å². The highest BCUT2D eigenvalue weighted by Crippen LogP contribution is 2.14. The standard InChI is InChI=1S/C15H17BrFN3O/c1-11(12-2-4-14(17)5-3-12)8-18-15(21)6-7-20-10-13(16)9-19-20/h2-5,9-11H,6-8H2,1H3,(H,18,21). The first-order valence-corrected chi connectivity index (χ1v) is 7.54. The van der Waals surface area contributed by atoms with Crippen LogP contribution in [0.15, 0.2) is 41.1 Å². The predicted octanol–water partition coefficient (Wildman–Crippen LogP) is 3.09. The van der Waals surface area contributed by atoms with Gasteiger partial charge in [-0.2, -0.15) is 5.10 Å². The summed E-state index contributed by atoms with van der Waals surface area (Å²) < 4.78 is 15.5. The maximum atomic E-state index is 12.8. The average molecular weight is 354 g/mol. The third kappa shape index (κ3) is 4.97. The van der Waals surface area contributed by atoms with E-state index in [-0.39, 0.29) is 17.6 Å². The fraction of sp³-hybridized carbons (Fsp3) is 0.333. The van der Waals surface area contributed by atoms with Crippen molar-refractivity contribution < 1.29 is 9.18 Å². The van der Waals surface area contributed by atoms with Crippen LogP contribution in [0.3, 0.4) is 0 Å². The highest BCUT2D eigenvalue weighted by molar-refractivity contribution is 9.10. The Morgan fingerprint density at radius 1 is 1.43 bits per heavy atom. The van der Waals surface area contributed by atoms with Gasteiger partial charge >= 0.3 is 0 Å². The minimum Gasteiger partial charge on any atom is -0.355 e. The van der Waals surface area contributed by atoms with Gasteiger partial charge < -0.3 is 5.32 Å². The number of nitrogens with zero attached hydrogens (tertiary/aromatic N) is 2. The molecule has 2 rings (SSSR count). The number of nitrogens with one attached hydrogen (secondary N) is 1. The third-order valence-electron chi connectivity index (χ3n) is 3.21. The molecule has 0 saturated carbocycles. The van der Waals surface area contributed by atoms with Crippen LogP contribution in [0.1, 0.15) is 24.8 Å². The van der Waals surface area contributed by atoms with Crippen LogP contribution in [0.25, 0.3) is 0 Å². The van der Waals surface area contributed by atoms with E-state index in [9.17, 15) is 9.18 Å². The quantitative estimate of drug-likeness (QED) is 0.867. The van der Waals surface area contributed by atoms with Gasteiger partial charge in [-0.25, -0.2) is 4.39 Å². The molecule has 1 N–H and O–H groups in total. The Kier molecular flexibility index (Phi) is 5.50. The van der Waals surface area contributed by atoms with Gasteiger partial charge in [-0.15, -0.1) is 0 Å². The van der Waals surface area contributed by atoms with Crippen molar-refractivity contribution in [3.63, 3.8) is 0 Å². The lowest BCUT2D eigenvalue weighted by atomic mass is 10.0. The van der Waals surface area contributed by atoms with E-state index in [4.69, 9.17) is 0 Å². The van der Waals surface area contributed by atoms with Crippen molar-refractivity contribution in [3.05, 3.63) is 52.5 Å². The second kappa shape index (κ2) is 7.36. The number of aromatic nitrogens is 2. The fourth-order valence-electron chi connectivity index (χ4n) is 1.94. The van der Waals surface area contributed by atoms with Crippen LogP contribution in [-0.4, -0.2) is 22.2 Å². The number of aryl methyl sites for hydroxylation is 1. The molecule has 4 nitrogen and oxygen atoms in total. The molecule has 0 fully saturated rings. The van der Waals surface area contributed by atoms with E-state index in [1.165, 1.54) is 12.1 Å². The summed E-state index contributed by atoms with van der Waals surface area (Å²) in [6.07, 6.45) is 3.90. The van der Waals surface area contributed by atoms with E-state index in [1.807, 2.05) is 13.1 Å². The first-order chi connectivity index (χ1) is 10.0. The van der Waals surface area contributed by atoms with Crippen LogP contribution in [0.4, 0.5) is 4.39 Å². The third-order valence-corrected chi connectivity index (χ3v) is 3.62. The highest BCUT2D eigenvalue weighted by atomic mass is 79.9. The molecule has 0 radical (unpaired) electrons. The number of amides is 1. The first kappa shape index (κ1) is 15.7. The largest absolute Gasteiger partial charge is 0.355 e. The Morgan fingerprint density at radius 2 is 2.14 bits per heavy atom. The number of rotatable bonds is 6. The normalized spacial score (nSPS) is 12.1. The summed E-state index contributed by atoms with van der Waals surface area (Å²) in [6, 6.07) is 6.35. The lowest BCUT2D eigenvalue weighted by molar-refractivity contribution is -0.121. The number of benzene rings is 1. The summed E-state index contributed by atoms with van der Waals surface area (Å²) in [7, 11) is 0. The maximum Gasteiger partial charge on any atom is 0.221 e. The molecular weight excluding hydrogens is 337 g/mol. The van der Waals surface area contributed by atoms with Gasteiger partial charge in [-0.3, -0.25) is 9.48 Å². The van der Waals surface area contributed by atoms with E-state index in [0.717, 1.165) is 10.0 Å². The Morgan fingerprint density at radius 3 is 2.76 bits per heavy atom. The second-order valence-corrected chi connectivity index (χ2v) is 5.84. The number of hydrogen-bond acceptors (Lipinski definition) is 2. The smallest absolute Gasteiger partial charge is 0.221 e. The van der Waals surface area contributed by atoms with Crippen molar-refractivity contribution in [1.29, 1.82) is 0 Å². The van der Waals surface area contributed by atoms with Gasteiger partial charge in [0.15, 0.2) is 0 Å². The number of hydrogen-bond donors (Lipinski definition) is 1. The molecule has 1 heterocycles. The van der Waals surface area contributed by atoms with Gasteiger partial charge in [0, 0.05) is 25.7 Å². The summed E-state index contributed by atoms with van der Waals surface area (Å²) >= 11 is 3.31.